The summed E-state index contributed by atoms with van der Waals surface area (Å²) in [5.74, 6) is 0. The van der Waals surface area contributed by atoms with Crippen molar-refractivity contribution in [3.8, 4) is 0 Å². The van der Waals surface area contributed by atoms with Crippen LogP contribution < -0.4 is 5.73 Å². The van der Waals surface area contributed by atoms with Gasteiger partial charge in [0.15, 0.2) is 8.32 Å². The van der Waals surface area contributed by atoms with Crippen molar-refractivity contribution < 1.29 is 4.43 Å². The molecule has 1 fully saturated rings. The first-order chi connectivity index (χ1) is 10.2. The molecule has 1 aromatic carbocycles. The van der Waals surface area contributed by atoms with E-state index in [0.29, 0.717) is 0 Å². The Morgan fingerprint density at radius 3 is 2.41 bits per heavy atom. The third-order valence-corrected chi connectivity index (χ3v) is 9.57. The van der Waals surface area contributed by atoms with Gasteiger partial charge in [-0.25, -0.2) is 0 Å². The molecular formula is C18H32N2OSi. The molecule has 2 N–H and O–H groups in total. The lowest BCUT2D eigenvalue weighted by molar-refractivity contribution is 0.0636. The van der Waals surface area contributed by atoms with Crippen molar-refractivity contribution in [1.29, 1.82) is 0 Å². The highest BCUT2D eigenvalue weighted by Gasteiger charge is 2.40. The van der Waals surface area contributed by atoms with E-state index < -0.39 is 8.32 Å². The largest absolute Gasteiger partial charge is 0.413 e. The Balaban J connectivity index is 1.99. The van der Waals surface area contributed by atoms with E-state index in [1.165, 1.54) is 5.56 Å². The van der Waals surface area contributed by atoms with Crippen LogP contribution in [-0.4, -0.2) is 38.5 Å². The van der Waals surface area contributed by atoms with Gasteiger partial charge in [-0.2, -0.15) is 0 Å². The van der Waals surface area contributed by atoms with Gasteiger partial charge < -0.3 is 10.2 Å². The number of hydrogen-bond acceptors (Lipinski definition) is 3. The molecule has 1 saturated heterocycles. The number of rotatable bonds is 4. The first-order valence-corrected chi connectivity index (χ1v) is 11.3. The van der Waals surface area contributed by atoms with E-state index in [0.717, 1.165) is 26.1 Å². The quantitative estimate of drug-likeness (QED) is 0.861. The molecule has 124 valence electrons. The summed E-state index contributed by atoms with van der Waals surface area (Å²) in [6.45, 7) is 14.5. The van der Waals surface area contributed by atoms with E-state index in [-0.39, 0.29) is 17.2 Å². The third kappa shape index (κ3) is 4.65. The lowest BCUT2D eigenvalue weighted by Gasteiger charge is -2.43. The Morgan fingerprint density at radius 1 is 1.18 bits per heavy atom. The molecule has 0 saturated carbocycles. The van der Waals surface area contributed by atoms with E-state index in [9.17, 15) is 0 Å². The second-order valence-corrected chi connectivity index (χ2v) is 12.9. The van der Waals surface area contributed by atoms with Gasteiger partial charge in [0.1, 0.15) is 0 Å². The van der Waals surface area contributed by atoms with Gasteiger partial charge in [-0.05, 0) is 30.1 Å². The van der Waals surface area contributed by atoms with Crippen molar-refractivity contribution in [1.82, 2.24) is 4.90 Å². The molecule has 2 atom stereocenters. The molecule has 22 heavy (non-hydrogen) atoms. The van der Waals surface area contributed by atoms with Crippen LogP contribution in [0.3, 0.4) is 0 Å². The fraction of sp³-hybridized carbons (Fsp3) is 0.667. The van der Waals surface area contributed by atoms with Gasteiger partial charge in [-0.1, -0.05) is 51.1 Å². The normalized spacial score (nSPS) is 24.5. The zero-order valence-electron chi connectivity index (χ0n) is 14.8. The Hall–Kier alpha value is -0.683. The fourth-order valence-electron chi connectivity index (χ4n) is 2.83. The molecule has 1 aromatic rings. The number of piperidine rings is 1. The van der Waals surface area contributed by atoms with Crippen molar-refractivity contribution in [2.45, 2.75) is 64.0 Å². The zero-order chi connectivity index (χ0) is 16.4. The van der Waals surface area contributed by atoms with E-state index in [1.54, 1.807) is 0 Å². The Labute approximate surface area is 137 Å². The minimum Gasteiger partial charge on any atom is -0.413 e. The SMILES string of the molecule is CC(C)(C)[Si](C)(C)O[C@@H]1C[C@@H](N)CN(Cc2ccccc2)C1. The summed E-state index contributed by atoms with van der Waals surface area (Å²) >= 11 is 0. The molecule has 3 nitrogen and oxygen atoms in total. The van der Waals surface area contributed by atoms with Crippen molar-refractivity contribution in [3.05, 3.63) is 35.9 Å². The minimum atomic E-state index is -1.73. The number of benzene rings is 1. The van der Waals surface area contributed by atoms with Gasteiger partial charge >= 0.3 is 0 Å². The van der Waals surface area contributed by atoms with Gasteiger partial charge in [-0.15, -0.1) is 0 Å². The van der Waals surface area contributed by atoms with Crippen LogP contribution in [0, 0.1) is 0 Å². The molecule has 0 unspecified atom stereocenters. The summed E-state index contributed by atoms with van der Waals surface area (Å²) < 4.78 is 6.60. The Bertz CT molecular complexity index is 470. The van der Waals surface area contributed by atoms with Crippen LogP contribution in [0.25, 0.3) is 0 Å². The summed E-state index contributed by atoms with van der Waals surface area (Å²) in [6, 6.07) is 10.8. The predicted molar refractivity (Wildman–Crippen MR) is 96.4 cm³/mol. The first kappa shape index (κ1) is 17.7. The van der Waals surface area contributed by atoms with Crippen molar-refractivity contribution in [2.75, 3.05) is 13.1 Å². The molecule has 0 radical (unpaired) electrons. The van der Waals surface area contributed by atoms with Crippen LogP contribution in [-0.2, 0) is 11.0 Å². The number of nitrogens with two attached hydrogens (primary N) is 1. The Morgan fingerprint density at radius 2 is 1.82 bits per heavy atom. The van der Waals surface area contributed by atoms with Crippen LogP contribution in [0.5, 0.6) is 0 Å². The molecule has 1 aliphatic heterocycles. The van der Waals surface area contributed by atoms with Gasteiger partial charge in [-0.3, -0.25) is 4.90 Å². The molecule has 4 heteroatoms. The van der Waals surface area contributed by atoms with Crippen molar-refractivity contribution in [2.24, 2.45) is 5.73 Å². The summed E-state index contributed by atoms with van der Waals surface area (Å²) in [4.78, 5) is 2.45. The van der Waals surface area contributed by atoms with Crippen LogP contribution in [0.1, 0.15) is 32.8 Å². The van der Waals surface area contributed by atoms with Gasteiger partial charge in [0.2, 0.25) is 0 Å². The second-order valence-electron chi connectivity index (χ2n) is 8.18. The molecule has 1 heterocycles. The molecule has 0 aromatic heterocycles. The summed E-state index contributed by atoms with van der Waals surface area (Å²) in [5, 5.41) is 0.249. The smallest absolute Gasteiger partial charge is 0.192 e. The minimum absolute atomic E-state index is 0.215. The maximum Gasteiger partial charge on any atom is 0.192 e. The molecule has 1 aliphatic rings. The zero-order valence-corrected chi connectivity index (χ0v) is 15.8. The molecular weight excluding hydrogens is 288 g/mol. The van der Waals surface area contributed by atoms with Crippen LogP contribution in [0.4, 0.5) is 0 Å². The van der Waals surface area contributed by atoms with Crippen LogP contribution in [0.2, 0.25) is 18.1 Å². The average molecular weight is 321 g/mol. The van der Waals surface area contributed by atoms with E-state index in [1.807, 2.05) is 0 Å². The maximum atomic E-state index is 6.60. The standard InChI is InChI=1S/C18H32N2OSi/c1-18(2,3)22(4,5)21-17-11-16(19)13-20(14-17)12-15-9-7-6-8-10-15/h6-10,16-17H,11-14,19H2,1-5H3/t16-,17-/m1/s1. The average Bonchev–Trinajstić information content (AvgIpc) is 2.37. The summed E-state index contributed by atoms with van der Waals surface area (Å²) in [5.41, 5.74) is 7.64. The third-order valence-electron chi connectivity index (χ3n) is 5.04. The van der Waals surface area contributed by atoms with Crippen molar-refractivity contribution >= 4 is 8.32 Å². The number of hydrogen-bond donors (Lipinski definition) is 1. The molecule has 0 spiro atoms. The molecule has 0 bridgehead atoms. The summed E-state index contributed by atoms with van der Waals surface area (Å²) in [6.07, 6.45) is 1.26. The van der Waals surface area contributed by atoms with E-state index in [4.69, 9.17) is 10.2 Å². The fourth-order valence-corrected chi connectivity index (χ4v) is 4.19. The number of likely N-dealkylation sites (tertiary alicyclic amines) is 1. The van der Waals surface area contributed by atoms with Gasteiger partial charge in [0.05, 0.1) is 6.10 Å². The van der Waals surface area contributed by atoms with E-state index >= 15 is 0 Å². The van der Waals surface area contributed by atoms with Crippen LogP contribution in [0.15, 0.2) is 30.3 Å². The second kappa shape index (κ2) is 6.83. The number of nitrogens with zero attached hydrogens (tertiary/aromatic N) is 1. The first-order valence-electron chi connectivity index (χ1n) is 8.37. The highest BCUT2D eigenvalue weighted by atomic mass is 28.4. The lowest BCUT2D eigenvalue weighted by Crippen LogP contribution is -2.54. The molecule has 0 aliphatic carbocycles. The van der Waals surface area contributed by atoms with Gasteiger partial charge in [0, 0.05) is 25.7 Å². The lowest BCUT2D eigenvalue weighted by atomic mass is 10.0. The van der Waals surface area contributed by atoms with Gasteiger partial charge in [0.25, 0.3) is 0 Å². The Kier molecular flexibility index (Phi) is 5.48. The highest BCUT2D eigenvalue weighted by molar-refractivity contribution is 6.74. The van der Waals surface area contributed by atoms with Crippen LogP contribution >= 0.6 is 0 Å². The molecule has 0 amide bonds. The maximum absolute atomic E-state index is 6.60. The highest BCUT2D eigenvalue weighted by Crippen LogP contribution is 2.38. The monoisotopic (exact) mass is 320 g/mol. The predicted octanol–water partition coefficient (Wildman–Crippen LogP) is 3.61. The summed E-state index contributed by atoms with van der Waals surface area (Å²) in [7, 11) is -1.73. The van der Waals surface area contributed by atoms with Crippen molar-refractivity contribution in [3.63, 3.8) is 0 Å². The molecule has 2 rings (SSSR count). The van der Waals surface area contributed by atoms with E-state index in [2.05, 4.69) is 69.1 Å². The topological polar surface area (TPSA) is 38.5 Å².